The van der Waals surface area contributed by atoms with Gasteiger partial charge in [-0.25, -0.2) is 17.6 Å². The van der Waals surface area contributed by atoms with Gasteiger partial charge in [0.15, 0.2) is 29.0 Å². The van der Waals surface area contributed by atoms with E-state index in [1.54, 1.807) is 0 Å². The lowest BCUT2D eigenvalue weighted by Gasteiger charge is -2.11. The summed E-state index contributed by atoms with van der Waals surface area (Å²) in [5.41, 5.74) is 0. The summed E-state index contributed by atoms with van der Waals surface area (Å²) < 4.78 is 81.1. The molecule has 114 valence electrons. The quantitative estimate of drug-likeness (QED) is 0.282. The predicted molar refractivity (Wildman–Crippen MR) is 64.5 cm³/mol. The third kappa shape index (κ3) is 1.63. The van der Waals surface area contributed by atoms with Gasteiger partial charge in [0.05, 0.1) is 10.8 Å². The number of phenols is 2. The second-order valence-electron chi connectivity index (χ2n) is 4.52. The van der Waals surface area contributed by atoms with Crippen molar-refractivity contribution in [1.82, 2.24) is 0 Å². The molecular weight excluding hydrogens is 314 g/mol. The molecule has 0 aliphatic carbocycles. The van der Waals surface area contributed by atoms with E-state index in [9.17, 15) is 36.6 Å². The molecule has 0 radical (unpaired) electrons. The molecule has 0 bridgehead atoms. The number of hydrogen-bond acceptors (Lipinski definition) is 2. The predicted octanol–water partition coefficient (Wildman–Crippen LogP) is 4.24. The Morgan fingerprint density at radius 3 is 1.82 bits per heavy atom. The zero-order valence-corrected chi connectivity index (χ0v) is 10.3. The van der Waals surface area contributed by atoms with Gasteiger partial charge in [-0.15, -0.1) is 0 Å². The van der Waals surface area contributed by atoms with E-state index in [1.807, 2.05) is 0 Å². The molecule has 0 saturated heterocycles. The fourth-order valence-corrected chi connectivity index (χ4v) is 2.28. The Hall–Kier alpha value is -2.64. The lowest BCUT2D eigenvalue weighted by molar-refractivity contribution is 0.381. The highest BCUT2D eigenvalue weighted by Gasteiger charge is 2.26. The Morgan fingerprint density at radius 2 is 1.18 bits per heavy atom. The molecular formula is C14H4F6O2. The molecule has 2 N–H and O–H groups in total. The fourth-order valence-electron chi connectivity index (χ4n) is 2.28. The molecule has 22 heavy (non-hydrogen) atoms. The van der Waals surface area contributed by atoms with Crippen LogP contribution in [0.1, 0.15) is 0 Å². The van der Waals surface area contributed by atoms with Gasteiger partial charge in [0.1, 0.15) is 5.82 Å². The molecule has 0 fully saturated rings. The number of rotatable bonds is 0. The fraction of sp³-hybridized carbons (Fsp3) is 0. The first kappa shape index (κ1) is 14.3. The zero-order valence-electron chi connectivity index (χ0n) is 10.3. The summed E-state index contributed by atoms with van der Waals surface area (Å²) in [6.45, 7) is 0. The van der Waals surface area contributed by atoms with Crippen LogP contribution in [0.4, 0.5) is 26.3 Å². The average Bonchev–Trinajstić information content (AvgIpc) is 2.48. The molecule has 0 spiro atoms. The van der Waals surface area contributed by atoms with Gasteiger partial charge in [-0.2, -0.15) is 8.78 Å². The topological polar surface area (TPSA) is 40.5 Å². The van der Waals surface area contributed by atoms with Crippen LogP contribution in [0.3, 0.4) is 0 Å². The van der Waals surface area contributed by atoms with Gasteiger partial charge in [-0.05, 0) is 17.5 Å². The van der Waals surface area contributed by atoms with E-state index in [1.165, 1.54) is 0 Å². The van der Waals surface area contributed by atoms with Crippen molar-refractivity contribution in [3.63, 3.8) is 0 Å². The molecule has 0 amide bonds. The number of hydrogen-bond donors (Lipinski definition) is 2. The van der Waals surface area contributed by atoms with Gasteiger partial charge >= 0.3 is 0 Å². The van der Waals surface area contributed by atoms with E-state index in [0.29, 0.717) is 12.1 Å². The Bertz CT molecular complexity index is 968. The first-order chi connectivity index (χ1) is 10.3. The molecule has 3 aromatic rings. The summed E-state index contributed by atoms with van der Waals surface area (Å²) in [5, 5.41) is 15.6. The standard InChI is InChI=1S/C14H4F6O2/c15-5-2-3-1-4-7(9(17)6(3)10(18)8(5)16)14(22)12(20)11(19)13(4)21/h1-2,21-22H. The minimum atomic E-state index is -1.96. The van der Waals surface area contributed by atoms with Crippen molar-refractivity contribution in [3.8, 4) is 11.5 Å². The van der Waals surface area contributed by atoms with Crippen LogP contribution >= 0.6 is 0 Å². The van der Waals surface area contributed by atoms with Crippen molar-refractivity contribution in [3.05, 3.63) is 47.0 Å². The van der Waals surface area contributed by atoms with Gasteiger partial charge < -0.3 is 10.2 Å². The average molecular weight is 318 g/mol. The lowest BCUT2D eigenvalue weighted by Crippen LogP contribution is -1.98. The number of benzene rings is 3. The Kier molecular flexibility index (Phi) is 2.88. The second-order valence-corrected chi connectivity index (χ2v) is 4.52. The van der Waals surface area contributed by atoms with Crippen LogP contribution in [0.5, 0.6) is 11.5 Å². The van der Waals surface area contributed by atoms with E-state index < -0.39 is 67.9 Å². The first-order valence-electron chi connectivity index (χ1n) is 5.74. The van der Waals surface area contributed by atoms with Gasteiger partial charge in [0.25, 0.3) is 0 Å². The molecule has 2 nitrogen and oxygen atoms in total. The Morgan fingerprint density at radius 1 is 0.591 bits per heavy atom. The molecule has 3 aromatic carbocycles. The Labute approximate surface area is 117 Å². The SMILES string of the molecule is Oc1c(F)c(F)c(O)c2c(F)c3c(F)c(F)c(F)cc3cc12. The van der Waals surface area contributed by atoms with Crippen molar-refractivity contribution in [2.24, 2.45) is 0 Å². The smallest absolute Gasteiger partial charge is 0.205 e. The highest BCUT2D eigenvalue weighted by Crippen LogP contribution is 2.42. The molecule has 0 atom stereocenters. The van der Waals surface area contributed by atoms with Crippen molar-refractivity contribution in [2.75, 3.05) is 0 Å². The highest BCUT2D eigenvalue weighted by atomic mass is 19.2. The summed E-state index contributed by atoms with van der Waals surface area (Å²) in [5.74, 6) is -13.8. The van der Waals surface area contributed by atoms with Crippen molar-refractivity contribution in [2.45, 2.75) is 0 Å². The summed E-state index contributed by atoms with van der Waals surface area (Å²) in [7, 11) is 0. The first-order valence-corrected chi connectivity index (χ1v) is 5.74. The normalized spacial score (nSPS) is 11.5. The van der Waals surface area contributed by atoms with Crippen LogP contribution < -0.4 is 0 Å². The van der Waals surface area contributed by atoms with Gasteiger partial charge in [-0.1, -0.05) is 0 Å². The van der Waals surface area contributed by atoms with Crippen LogP contribution in [-0.2, 0) is 0 Å². The van der Waals surface area contributed by atoms with Gasteiger partial charge in [-0.3, -0.25) is 0 Å². The summed E-state index contributed by atoms with van der Waals surface area (Å²) in [4.78, 5) is 0. The largest absolute Gasteiger partial charge is 0.504 e. The van der Waals surface area contributed by atoms with Crippen LogP contribution in [0, 0.1) is 34.9 Å². The molecule has 0 aromatic heterocycles. The van der Waals surface area contributed by atoms with E-state index in [2.05, 4.69) is 0 Å². The maximum atomic E-state index is 14.3. The van der Waals surface area contributed by atoms with Crippen LogP contribution in [0.2, 0.25) is 0 Å². The van der Waals surface area contributed by atoms with Crippen LogP contribution in [-0.4, -0.2) is 10.2 Å². The number of phenolic OH excluding ortho intramolecular Hbond substituents is 2. The highest BCUT2D eigenvalue weighted by molar-refractivity contribution is 6.04. The number of aromatic hydroxyl groups is 2. The van der Waals surface area contributed by atoms with Crippen LogP contribution in [0.25, 0.3) is 21.5 Å². The molecule has 8 heteroatoms. The van der Waals surface area contributed by atoms with E-state index in [-0.39, 0.29) is 0 Å². The van der Waals surface area contributed by atoms with Crippen molar-refractivity contribution >= 4 is 21.5 Å². The van der Waals surface area contributed by atoms with Crippen molar-refractivity contribution < 1.29 is 36.6 Å². The lowest BCUT2D eigenvalue weighted by atomic mass is 10.00. The van der Waals surface area contributed by atoms with E-state index in [4.69, 9.17) is 0 Å². The van der Waals surface area contributed by atoms with Gasteiger partial charge in [0.2, 0.25) is 11.6 Å². The summed E-state index contributed by atoms with van der Waals surface area (Å²) in [6.07, 6.45) is 0. The van der Waals surface area contributed by atoms with Crippen LogP contribution in [0.15, 0.2) is 12.1 Å². The molecule has 3 rings (SSSR count). The van der Waals surface area contributed by atoms with Gasteiger partial charge in [0, 0.05) is 5.39 Å². The minimum Gasteiger partial charge on any atom is -0.504 e. The zero-order chi connectivity index (χ0) is 16.3. The van der Waals surface area contributed by atoms with E-state index in [0.717, 1.165) is 0 Å². The number of fused-ring (bicyclic) bond motifs is 2. The molecule has 0 unspecified atom stereocenters. The Balaban J connectivity index is 2.68. The molecule has 0 aliphatic rings. The molecule has 0 saturated carbocycles. The molecule has 0 aliphatic heterocycles. The second kappa shape index (κ2) is 4.43. The third-order valence-corrected chi connectivity index (χ3v) is 3.30. The summed E-state index contributed by atoms with van der Waals surface area (Å²) >= 11 is 0. The minimum absolute atomic E-state index is 0.425. The third-order valence-electron chi connectivity index (χ3n) is 3.30. The number of halogens is 6. The molecule has 0 heterocycles. The monoisotopic (exact) mass is 318 g/mol. The maximum absolute atomic E-state index is 14.3. The summed E-state index contributed by atoms with van der Waals surface area (Å²) in [6, 6.07) is 1.13. The van der Waals surface area contributed by atoms with E-state index >= 15 is 0 Å². The van der Waals surface area contributed by atoms with Crippen molar-refractivity contribution in [1.29, 1.82) is 0 Å². The maximum Gasteiger partial charge on any atom is 0.205 e.